The minimum absolute atomic E-state index is 0.00461. The first-order valence-electron chi connectivity index (χ1n) is 8.05. The second kappa shape index (κ2) is 5.47. The summed E-state index contributed by atoms with van der Waals surface area (Å²) in [7, 11) is 0. The molecule has 1 unspecified atom stereocenters. The van der Waals surface area contributed by atoms with Gasteiger partial charge in [0.15, 0.2) is 0 Å². The maximum atomic E-state index is 14.1. The molecule has 1 atom stereocenters. The van der Waals surface area contributed by atoms with E-state index in [1.165, 1.54) is 6.07 Å². The van der Waals surface area contributed by atoms with Crippen molar-refractivity contribution in [3.63, 3.8) is 0 Å². The Morgan fingerprint density at radius 3 is 2.68 bits per heavy atom. The molecule has 0 amide bonds. The first-order valence-corrected chi connectivity index (χ1v) is 8.05. The molecule has 2 aromatic rings. The van der Waals surface area contributed by atoms with E-state index in [1.807, 2.05) is 12.1 Å². The molecule has 22 heavy (non-hydrogen) atoms. The molecule has 5 heteroatoms. The lowest BCUT2D eigenvalue weighted by Crippen LogP contribution is -2.29. The summed E-state index contributed by atoms with van der Waals surface area (Å²) in [6.45, 7) is 2.65. The van der Waals surface area contributed by atoms with E-state index in [0.29, 0.717) is 24.4 Å². The maximum absolute atomic E-state index is 14.1. The summed E-state index contributed by atoms with van der Waals surface area (Å²) in [5, 5.41) is 8.32. The molecule has 0 saturated heterocycles. The van der Waals surface area contributed by atoms with Crippen LogP contribution in [-0.2, 0) is 6.54 Å². The third-order valence-corrected chi connectivity index (χ3v) is 4.60. The van der Waals surface area contributed by atoms with E-state index >= 15 is 0 Å². The van der Waals surface area contributed by atoms with Crippen molar-refractivity contribution in [2.24, 2.45) is 0 Å². The summed E-state index contributed by atoms with van der Waals surface area (Å²) in [5.41, 5.74) is 0.733. The summed E-state index contributed by atoms with van der Waals surface area (Å²) in [6, 6.07) is 7.49. The lowest BCUT2D eigenvalue weighted by molar-refractivity contribution is 0.168. The summed E-state index contributed by atoms with van der Waals surface area (Å²) in [5.74, 6) is 1.74. The summed E-state index contributed by atoms with van der Waals surface area (Å²) < 4.78 is 19.8. The van der Waals surface area contributed by atoms with Gasteiger partial charge in [0.05, 0.1) is 6.54 Å². The standard InChI is InChI=1S/C17H20FN3O/c1-11(14-4-2-3-5-15(14)18)21(13-8-9-13)10-16-19-20-17(22-16)12-6-7-12/h2-5,11-13H,6-10H2,1H3. The van der Waals surface area contributed by atoms with Crippen LogP contribution in [-0.4, -0.2) is 21.1 Å². The SMILES string of the molecule is CC(c1ccccc1F)N(Cc1nnc(C2CC2)o1)C1CC1. The van der Waals surface area contributed by atoms with Crippen LogP contribution in [0.2, 0.25) is 0 Å². The van der Waals surface area contributed by atoms with E-state index in [-0.39, 0.29) is 11.9 Å². The Labute approximate surface area is 129 Å². The second-order valence-electron chi connectivity index (χ2n) is 6.41. The molecule has 2 saturated carbocycles. The molecule has 2 fully saturated rings. The average molecular weight is 301 g/mol. The van der Waals surface area contributed by atoms with Crippen LogP contribution in [0.25, 0.3) is 0 Å². The van der Waals surface area contributed by atoms with Crippen molar-refractivity contribution in [1.82, 2.24) is 15.1 Å². The zero-order chi connectivity index (χ0) is 15.1. The predicted octanol–water partition coefficient (Wildman–Crippen LogP) is 3.81. The minimum Gasteiger partial charge on any atom is -0.424 e. The molecule has 4 rings (SSSR count). The average Bonchev–Trinajstić information content (AvgIpc) is 3.44. The van der Waals surface area contributed by atoms with Crippen LogP contribution >= 0.6 is 0 Å². The number of nitrogens with zero attached hydrogens (tertiary/aromatic N) is 3. The van der Waals surface area contributed by atoms with Gasteiger partial charge in [0.1, 0.15) is 5.82 Å². The smallest absolute Gasteiger partial charge is 0.230 e. The molecule has 1 aromatic heterocycles. The van der Waals surface area contributed by atoms with Crippen molar-refractivity contribution in [3.8, 4) is 0 Å². The molecule has 0 N–H and O–H groups in total. The fraction of sp³-hybridized carbons (Fsp3) is 0.529. The Morgan fingerprint density at radius 1 is 1.23 bits per heavy atom. The number of rotatable bonds is 6. The van der Waals surface area contributed by atoms with Crippen LogP contribution in [0.3, 0.4) is 0 Å². The molecular weight excluding hydrogens is 281 g/mol. The van der Waals surface area contributed by atoms with Crippen LogP contribution < -0.4 is 0 Å². The van der Waals surface area contributed by atoms with Gasteiger partial charge < -0.3 is 4.42 Å². The highest BCUT2D eigenvalue weighted by Crippen LogP contribution is 2.40. The van der Waals surface area contributed by atoms with Gasteiger partial charge in [0.25, 0.3) is 0 Å². The van der Waals surface area contributed by atoms with Crippen LogP contribution in [0.5, 0.6) is 0 Å². The Hall–Kier alpha value is -1.75. The topological polar surface area (TPSA) is 42.2 Å². The van der Waals surface area contributed by atoms with Gasteiger partial charge >= 0.3 is 0 Å². The quantitative estimate of drug-likeness (QED) is 0.813. The molecule has 4 nitrogen and oxygen atoms in total. The van der Waals surface area contributed by atoms with E-state index in [2.05, 4.69) is 22.0 Å². The van der Waals surface area contributed by atoms with Crippen LogP contribution in [0, 0.1) is 5.82 Å². The van der Waals surface area contributed by atoms with E-state index in [4.69, 9.17) is 4.42 Å². The fourth-order valence-electron chi connectivity index (χ4n) is 2.96. The summed E-state index contributed by atoms with van der Waals surface area (Å²) in [4.78, 5) is 2.28. The van der Waals surface area contributed by atoms with Gasteiger partial charge in [-0.15, -0.1) is 10.2 Å². The molecule has 0 spiro atoms. The fourth-order valence-corrected chi connectivity index (χ4v) is 2.96. The molecular formula is C17H20FN3O. The molecule has 2 aliphatic carbocycles. The normalized spacial score (nSPS) is 19.6. The highest BCUT2D eigenvalue weighted by atomic mass is 19.1. The van der Waals surface area contributed by atoms with Gasteiger partial charge in [-0.2, -0.15) is 0 Å². The maximum Gasteiger partial charge on any atom is 0.230 e. The molecule has 0 aliphatic heterocycles. The van der Waals surface area contributed by atoms with Crippen molar-refractivity contribution in [1.29, 1.82) is 0 Å². The lowest BCUT2D eigenvalue weighted by Gasteiger charge is -2.28. The van der Waals surface area contributed by atoms with Gasteiger partial charge in [0.2, 0.25) is 11.8 Å². The predicted molar refractivity (Wildman–Crippen MR) is 79.7 cm³/mol. The van der Waals surface area contributed by atoms with Crippen LogP contribution in [0.15, 0.2) is 28.7 Å². The third kappa shape index (κ3) is 2.77. The third-order valence-electron chi connectivity index (χ3n) is 4.60. The summed E-state index contributed by atoms with van der Waals surface area (Å²) >= 11 is 0. The molecule has 1 heterocycles. The largest absolute Gasteiger partial charge is 0.424 e. The molecule has 2 aliphatic rings. The first kappa shape index (κ1) is 13.9. The number of hydrogen-bond donors (Lipinski definition) is 0. The Balaban J connectivity index is 1.53. The van der Waals surface area contributed by atoms with E-state index in [1.54, 1.807) is 6.07 Å². The van der Waals surface area contributed by atoms with Crippen molar-refractivity contribution in [2.45, 2.75) is 57.2 Å². The number of aromatic nitrogens is 2. The van der Waals surface area contributed by atoms with Crippen molar-refractivity contribution in [2.75, 3.05) is 0 Å². The second-order valence-corrected chi connectivity index (χ2v) is 6.41. The van der Waals surface area contributed by atoms with Crippen LogP contribution in [0.4, 0.5) is 4.39 Å². The molecule has 1 aromatic carbocycles. The molecule has 0 radical (unpaired) electrons. The van der Waals surface area contributed by atoms with Crippen molar-refractivity contribution >= 4 is 0 Å². The number of halogens is 1. The first-order chi connectivity index (χ1) is 10.7. The van der Waals surface area contributed by atoms with E-state index in [0.717, 1.165) is 37.1 Å². The summed E-state index contributed by atoms with van der Waals surface area (Å²) in [6.07, 6.45) is 4.62. The highest BCUT2D eigenvalue weighted by Gasteiger charge is 2.35. The zero-order valence-corrected chi connectivity index (χ0v) is 12.7. The lowest BCUT2D eigenvalue weighted by atomic mass is 10.1. The van der Waals surface area contributed by atoms with Gasteiger partial charge in [-0.25, -0.2) is 4.39 Å². The molecule has 116 valence electrons. The number of benzene rings is 1. The van der Waals surface area contributed by atoms with Crippen molar-refractivity contribution < 1.29 is 8.81 Å². The highest BCUT2D eigenvalue weighted by molar-refractivity contribution is 5.21. The Morgan fingerprint density at radius 2 is 2.00 bits per heavy atom. The van der Waals surface area contributed by atoms with Gasteiger partial charge in [-0.05, 0) is 38.7 Å². The van der Waals surface area contributed by atoms with Gasteiger partial charge in [-0.1, -0.05) is 18.2 Å². The van der Waals surface area contributed by atoms with E-state index < -0.39 is 0 Å². The Kier molecular flexibility index (Phi) is 3.45. The van der Waals surface area contributed by atoms with Crippen LogP contribution in [0.1, 0.15) is 61.9 Å². The van der Waals surface area contributed by atoms with E-state index in [9.17, 15) is 4.39 Å². The zero-order valence-electron chi connectivity index (χ0n) is 12.7. The van der Waals surface area contributed by atoms with Crippen molar-refractivity contribution in [3.05, 3.63) is 47.4 Å². The number of hydrogen-bond acceptors (Lipinski definition) is 4. The minimum atomic E-state index is -0.148. The Bertz CT molecular complexity index is 663. The van der Waals surface area contributed by atoms with Gasteiger partial charge in [0, 0.05) is 23.6 Å². The molecule has 0 bridgehead atoms. The monoisotopic (exact) mass is 301 g/mol. The van der Waals surface area contributed by atoms with Gasteiger partial charge in [-0.3, -0.25) is 4.90 Å².